The van der Waals surface area contributed by atoms with Crippen LogP contribution in [-0.4, -0.2) is 68.6 Å². The number of aliphatic imine (C=N–C) groups is 1. The van der Waals surface area contributed by atoms with Crippen LogP contribution in [0, 0.1) is 0 Å². The van der Waals surface area contributed by atoms with Gasteiger partial charge >= 0.3 is 6.18 Å². The summed E-state index contributed by atoms with van der Waals surface area (Å²) in [7, 11) is 0. The Bertz CT molecular complexity index is 674. The molecule has 1 heterocycles. The van der Waals surface area contributed by atoms with E-state index in [1.165, 1.54) is 0 Å². The number of hydrogen-bond acceptors (Lipinski definition) is 4. The first kappa shape index (κ1) is 24.4. The Morgan fingerprint density at radius 3 is 2.53 bits per heavy atom. The lowest BCUT2D eigenvalue weighted by atomic mass is 10.0. The second-order valence-corrected chi connectivity index (χ2v) is 7.89. The molecule has 0 atom stereocenters. The van der Waals surface area contributed by atoms with Crippen LogP contribution in [0.5, 0.6) is 0 Å². The molecule has 0 amide bonds. The monoisotopic (exact) mass is 430 g/mol. The minimum atomic E-state index is -4.32. The van der Waals surface area contributed by atoms with Crippen molar-refractivity contribution in [2.45, 2.75) is 45.6 Å². The number of rotatable bonds is 9. The van der Waals surface area contributed by atoms with E-state index >= 15 is 0 Å². The van der Waals surface area contributed by atoms with Crippen molar-refractivity contribution in [3.05, 3.63) is 35.4 Å². The number of nitrogens with zero attached hydrogens (tertiary/aromatic N) is 2. The van der Waals surface area contributed by atoms with Crippen molar-refractivity contribution in [3.8, 4) is 0 Å². The van der Waals surface area contributed by atoms with E-state index in [0.717, 1.165) is 45.0 Å². The smallest absolute Gasteiger partial charge is 0.379 e. The normalized spacial score (nSPS) is 16.5. The Balaban J connectivity index is 1.91. The Hall–Kier alpha value is -1.84. The summed E-state index contributed by atoms with van der Waals surface area (Å²) in [5.74, 6) is 0.706. The number of morpholine rings is 1. The van der Waals surface area contributed by atoms with Crippen molar-refractivity contribution in [1.29, 1.82) is 0 Å². The SMILES string of the molecule is CCNC(=NCc1cccc(COCC(F)(F)F)c1)NCC(C)(C)N1CCOCC1. The fourth-order valence-corrected chi connectivity index (χ4v) is 3.20. The van der Waals surface area contributed by atoms with Gasteiger partial charge in [0.2, 0.25) is 0 Å². The van der Waals surface area contributed by atoms with Crippen molar-refractivity contribution in [2.24, 2.45) is 4.99 Å². The van der Waals surface area contributed by atoms with Gasteiger partial charge in [-0.15, -0.1) is 0 Å². The molecule has 0 radical (unpaired) electrons. The number of hydrogen-bond donors (Lipinski definition) is 2. The summed E-state index contributed by atoms with van der Waals surface area (Å²) >= 11 is 0. The molecule has 2 rings (SSSR count). The summed E-state index contributed by atoms with van der Waals surface area (Å²) in [5, 5.41) is 6.64. The largest absolute Gasteiger partial charge is 0.411 e. The molecular weight excluding hydrogens is 397 g/mol. The standard InChI is InChI=1S/C21H33F3N4O2/c1-4-25-19(27-15-20(2,3)28-8-10-29-11-9-28)26-13-17-6-5-7-18(12-17)14-30-16-21(22,23)24/h5-7,12H,4,8-11,13-16H2,1-3H3,(H2,25,26,27). The van der Waals surface area contributed by atoms with Crippen LogP contribution in [0.15, 0.2) is 29.3 Å². The molecule has 1 fully saturated rings. The molecule has 9 heteroatoms. The van der Waals surface area contributed by atoms with Crippen molar-refractivity contribution in [3.63, 3.8) is 0 Å². The third kappa shape index (κ3) is 8.89. The van der Waals surface area contributed by atoms with Crippen LogP contribution >= 0.6 is 0 Å². The van der Waals surface area contributed by atoms with Gasteiger partial charge in [0.15, 0.2) is 5.96 Å². The molecule has 30 heavy (non-hydrogen) atoms. The van der Waals surface area contributed by atoms with E-state index in [0.29, 0.717) is 18.1 Å². The lowest BCUT2D eigenvalue weighted by Crippen LogP contribution is -2.56. The van der Waals surface area contributed by atoms with E-state index < -0.39 is 12.8 Å². The van der Waals surface area contributed by atoms with E-state index in [-0.39, 0.29) is 12.1 Å². The Morgan fingerprint density at radius 2 is 1.87 bits per heavy atom. The number of nitrogens with one attached hydrogen (secondary N) is 2. The highest BCUT2D eigenvalue weighted by Crippen LogP contribution is 2.17. The second-order valence-electron chi connectivity index (χ2n) is 7.89. The first-order valence-electron chi connectivity index (χ1n) is 10.3. The summed E-state index contributed by atoms with van der Waals surface area (Å²) in [6, 6.07) is 7.27. The van der Waals surface area contributed by atoms with E-state index in [2.05, 4.69) is 34.4 Å². The summed E-state index contributed by atoms with van der Waals surface area (Å²) in [4.78, 5) is 7.02. The van der Waals surface area contributed by atoms with Gasteiger partial charge in [0, 0.05) is 31.7 Å². The molecule has 1 aliphatic heterocycles. The summed E-state index contributed by atoms with van der Waals surface area (Å²) in [6.07, 6.45) is -4.32. The zero-order valence-corrected chi connectivity index (χ0v) is 18.0. The molecule has 170 valence electrons. The molecule has 2 N–H and O–H groups in total. The van der Waals surface area contributed by atoms with Gasteiger partial charge in [-0.25, -0.2) is 4.99 Å². The maximum absolute atomic E-state index is 12.2. The van der Waals surface area contributed by atoms with E-state index in [1.54, 1.807) is 12.1 Å². The van der Waals surface area contributed by atoms with Crippen LogP contribution in [0.3, 0.4) is 0 Å². The van der Waals surface area contributed by atoms with Gasteiger partial charge in [-0.2, -0.15) is 13.2 Å². The Morgan fingerprint density at radius 1 is 1.17 bits per heavy atom. The maximum Gasteiger partial charge on any atom is 0.411 e. The van der Waals surface area contributed by atoms with Crippen molar-refractivity contribution in [1.82, 2.24) is 15.5 Å². The molecule has 0 saturated carbocycles. The Labute approximate surface area is 176 Å². The average Bonchev–Trinajstić information content (AvgIpc) is 2.70. The van der Waals surface area contributed by atoms with Gasteiger partial charge in [0.25, 0.3) is 0 Å². The van der Waals surface area contributed by atoms with Crippen LogP contribution in [-0.2, 0) is 22.6 Å². The van der Waals surface area contributed by atoms with Crippen LogP contribution < -0.4 is 10.6 Å². The van der Waals surface area contributed by atoms with Gasteiger partial charge in [0.1, 0.15) is 6.61 Å². The summed E-state index contributed by atoms with van der Waals surface area (Å²) < 4.78 is 46.9. The number of ether oxygens (including phenoxy) is 2. The van der Waals surface area contributed by atoms with Gasteiger partial charge in [-0.05, 0) is 31.9 Å². The van der Waals surface area contributed by atoms with Gasteiger partial charge in [-0.3, -0.25) is 4.90 Å². The summed E-state index contributed by atoms with van der Waals surface area (Å²) in [5.41, 5.74) is 1.56. The van der Waals surface area contributed by atoms with Crippen molar-refractivity contribution >= 4 is 5.96 Å². The van der Waals surface area contributed by atoms with Crippen LogP contribution in [0.25, 0.3) is 0 Å². The highest BCUT2D eigenvalue weighted by atomic mass is 19.4. The molecule has 1 aromatic rings. The first-order chi connectivity index (χ1) is 14.2. The first-order valence-corrected chi connectivity index (χ1v) is 10.3. The van der Waals surface area contributed by atoms with E-state index in [1.807, 2.05) is 19.1 Å². The third-order valence-electron chi connectivity index (χ3n) is 4.85. The lowest BCUT2D eigenvalue weighted by molar-refractivity contribution is -0.176. The summed E-state index contributed by atoms with van der Waals surface area (Å²) in [6.45, 7) is 10.3. The fraction of sp³-hybridized carbons (Fsp3) is 0.667. The Kier molecular flexibility index (Phi) is 9.38. The zero-order chi connectivity index (χ0) is 22.0. The number of alkyl halides is 3. The minimum Gasteiger partial charge on any atom is -0.379 e. The lowest BCUT2D eigenvalue weighted by Gasteiger charge is -2.41. The topological polar surface area (TPSA) is 58.1 Å². The van der Waals surface area contributed by atoms with Crippen molar-refractivity contribution in [2.75, 3.05) is 46.0 Å². The molecule has 1 aromatic carbocycles. The minimum absolute atomic E-state index is 0.0459. The fourth-order valence-electron chi connectivity index (χ4n) is 3.20. The third-order valence-corrected chi connectivity index (χ3v) is 4.85. The molecule has 0 bridgehead atoms. The van der Waals surface area contributed by atoms with Crippen molar-refractivity contribution < 1.29 is 22.6 Å². The van der Waals surface area contributed by atoms with E-state index in [4.69, 9.17) is 9.47 Å². The van der Waals surface area contributed by atoms with Crippen LogP contribution in [0.4, 0.5) is 13.2 Å². The number of guanidine groups is 1. The van der Waals surface area contributed by atoms with Crippen LogP contribution in [0.1, 0.15) is 31.9 Å². The van der Waals surface area contributed by atoms with E-state index in [9.17, 15) is 13.2 Å². The molecule has 1 aliphatic rings. The molecule has 6 nitrogen and oxygen atoms in total. The predicted octanol–water partition coefficient (Wildman–Crippen LogP) is 2.93. The highest BCUT2D eigenvalue weighted by molar-refractivity contribution is 5.79. The number of benzene rings is 1. The molecule has 0 spiro atoms. The van der Waals surface area contributed by atoms with Gasteiger partial charge in [-0.1, -0.05) is 24.3 Å². The number of halogens is 3. The molecule has 0 aliphatic carbocycles. The average molecular weight is 431 g/mol. The van der Waals surface area contributed by atoms with Gasteiger partial charge in [0.05, 0.1) is 26.4 Å². The molecule has 1 saturated heterocycles. The zero-order valence-electron chi connectivity index (χ0n) is 18.0. The molecular formula is C21H33F3N4O2. The second kappa shape index (κ2) is 11.5. The maximum atomic E-state index is 12.2. The molecule has 0 unspecified atom stereocenters. The van der Waals surface area contributed by atoms with Gasteiger partial charge < -0.3 is 20.1 Å². The molecule has 0 aromatic heterocycles. The predicted molar refractivity (Wildman–Crippen MR) is 111 cm³/mol. The highest BCUT2D eigenvalue weighted by Gasteiger charge is 2.28. The quantitative estimate of drug-likeness (QED) is 0.466. The van der Waals surface area contributed by atoms with Crippen LogP contribution in [0.2, 0.25) is 0 Å².